The average Bonchev–Trinajstić information content (AvgIpc) is 3.24. The molecule has 0 spiro atoms. The number of imide groups is 1. The van der Waals surface area contributed by atoms with E-state index in [0.717, 1.165) is 12.2 Å². The van der Waals surface area contributed by atoms with Crippen LogP contribution in [-0.2, 0) is 9.59 Å². The SMILES string of the molecule is CCCOc1ccc(N2C(=O)[C@@H]3[C@H](C2=O)[C@@H]2C=C[C@H]3C2=C(C)C)cc1. The Bertz CT molecular complexity index is 752. The highest BCUT2D eigenvalue weighted by molar-refractivity contribution is 6.23. The van der Waals surface area contributed by atoms with Crippen molar-refractivity contribution in [3.63, 3.8) is 0 Å². The van der Waals surface area contributed by atoms with E-state index < -0.39 is 0 Å². The fraction of sp³-hybridized carbons (Fsp3) is 0.429. The van der Waals surface area contributed by atoms with E-state index in [0.29, 0.717) is 12.3 Å². The zero-order valence-corrected chi connectivity index (χ0v) is 14.9. The molecule has 2 bridgehead atoms. The normalized spacial score (nSPS) is 29.6. The summed E-state index contributed by atoms with van der Waals surface area (Å²) in [6.07, 6.45) is 5.17. The molecule has 1 saturated heterocycles. The van der Waals surface area contributed by atoms with Crippen LogP contribution in [0.3, 0.4) is 0 Å². The average molecular weight is 337 g/mol. The Hall–Kier alpha value is -2.36. The predicted octanol–water partition coefficient (Wildman–Crippen LogP) is 3.73. The van der Waals surface area contributed by atoms with Gasteiger partial charge in [-0.1, -0.05) is 30.2 Å². The van der Waals surface area contributed by atoms with Crippen LogP contribution in [0, 0.1) is 23.7 Å². The predicted molar refractivity (Wildman–Crippen MR) is 96.2 cm³/mol. The number of amides is 2. The molecule has 1 aromatic rings. The molecular weight excluding hydrogens is 314 g/mol. The number of carbonyl (C=O) groups is 2. The fourth-order valence-electron chi connectivity index (χ4n) is 4.60. The summed E-state index contributed by atoms with van der Waals surface area (Å²) in [5, 5.41) is 0. The highest BCUT2D eigenvalue weighted by atomic mass is 16.5. The Morgan fingerprint density at radius 3 is 2.04 bits per heavy atom. The molecule has 2 amide bonds. The molecule has 1 heterocycles. The highest BCUT2D eigenvalue weighted by Gasteiger charge is 2.61. The highest BCUT2D eigenvalue weighted by Crippen LogP contribution is 2.57. The fourth-order valence-corrected chi connectivity index (χ4v) is 4.60. The summed E-state index contributed by atoms with van der Waals surface area (Å²) in [5.41, 5.74) is 3.16. The van der Waals surface area contributed by atoms with Crippen molar-refractivity contribution in [3.05, 3.63) is 47.6 Å². The number of allylic oxidation sites excluding steroid dienone is 4. The smallest absolute Gasteiger partial charge is 0.238 e. The van der Waals surface area contributed by atoms with Crippen molar-refractivity contribution in [2.45, 2.75) is 27.2 Å². The first-order valence-corrected chi connectivity index (χ1v) is 9.01. The van der Waals surface area contributed by atoms with Crippen LogP contribution in [0.2, 0.25) is 0 Å². The van der Waals surface area contributed by atoms with Gasteiger partial charge in [0.2, 0.25) is 11.8 Å². The third-order valence-corrected chi connectivity index (χ3v) is 5.56. The number of anilines is 1. The molecule has 1 saturated carbocycles. The summed E-state index contributed by atoms with van der Waals surface area (Å²) in [6.45, 7) is 6.86. The van der Waals surface area contributed by atoms with E-state index in [1.165, 1.54) is 16.0 Å². The number of nitrogens with zero attached hydrogens (tertiary/aromatic N) is 1. The third-order valence-electron chi connectivity index (χ3n) is 5.56. The Morgan fingerprint density at radius 1 is 1.00 bits per heavy atom. The lowest BCUT2D eigenvalue weighted by atomic mass is 9.85. The number of rotatable bonds is 4. The molecule has 2 aliphatic carbocycles. The van der Waals surface area contributed by atoms with Gasteiger partial charge in [0.25, 0.3) is 0 Å². The number of ether oxygens (including phenoxy) is 1. The van der Waals surface area contributed by atoms with Gasteiger partial charge in [0.1, 0.15) is 5.75 Å². The van der Waals surface area contributed by atoms with Crippen LogP contribution in [0.25, 0.3) is 0 Å². The van der Waals surface area contributed by atoms with Crippen molar-refractivity contribution < 1.29 is 14.3 Å². The monoisotopic (exact) mass is 337 g/mol. The number of benzene rings is 1. The maximum atomic E-state index is 13.0. The van der Waals surface area contributed by atoms with E-state index >= 15 is 0 Å². The van der Waals surface area contributed by atoms with Crippen molar-refractivity contribution in [1.29, 1.82) is 0 Å². The van der Waals surface area contributed by atoms with Gasteiger partial charge in [-0.05, 0) is 44.5 Å². The van der Waals surface area contributed by atoms with Gasteiger partial charge in [-0.2, -0.15) is 0 Å². The summed E-state index contributed by atoms with van der Waals surface area (Å²) in [7, 11) is 0. The molecule has 0 N–H and O–H groups in total. The van der Waals surface area contributed by atoms with E-state index in [1.807, 2.05) is 12.1 Å². The summed E-state index contributed by atoms with van der Waals surface area (Å²) in [4.78, 5) is 27.4. The quantitative estimate of drug-likeness (QED) is 0.621. The minimum atomic E-state index is -0.233. The van der Waals surface area contributed by atoms with Crippen LogP contribution in [-0.4, -0.2) is 18.4 Å². The molecule has 3 aliphatic rings. The second-order valence-corrected chi connectivity index (χ2v) is 7.30. The standard InChI is InChI=1S/C21H23NO3/c1-4-11-25-14-7-5-13(6-8-14)22-20(23)18-15-9-10-16(17(15)12(2)3)19(18)21(22)24/h5-10,15-16,18-19H,4,11H2,1-3H3/t15-,16+,18-,19+. The molecule has 25 heavy (non-hydrogen) atoms. The zero-order valence-electron chi connectivity index (χ0n) is 14.9. The molecule has 0 aromatic heterocycles. The summed E-state index contributed by atoms with van der Waals surface area (Å²) >= 11 is 0. The lowest BCUT2D eigenvalue weighted by Gasteiger charge is -2.19. The second kappa shape index (κ2) is 5.87. The number of hydrogen-bond acceptors (Lipinski definition) is 3. The molecule has 1 aliphatic heterocycles. The molecule has 4 nitrogen and oxygen atoms in total. The molecular formula is C21H23NO3. The van der Waals surface area contributed by atoms with Crippen LogP contribution >= 0.6 is 0 Å². The maximum absolute atomic E-state index is 13.0. The van der Waals surface area contributed by atoms with E-state index in [9.17, 15) is 9.59 Å². The lowest BCUT2D eigenvalue weighted by Crippen LogP contribution is -2.33. The Labute approximate surface area is 148 Å². The van der Waals surface area contributed by atoms with Gasteiger partial charge in [-0.25, -0.2) is 4.90 Å². The number of carbonyl (C=O) groups excluding carboxylic acids is 2. The third kappa shape index (κ3) is 2.27. The van der Waals surface area contributed by atoms with Crippen LogP contribution in [0.4, 0.5) is 5.69 Å². The van der Waals surface area contributed by atoms with Gasteiger partial charge >= 0.3 is 0 Å². The van der Waals surface area contributed by atoms with Crippen LogP contribution in [0.1, 0.15) is 27.2 Å². The first kappa shape index (κ1) is 16.1. The largest absolute Gasteiger partial charge is 0.494 e. The van der Waals surface area contributed by atoms with Gasteiger partial charge in [0, 0.05) is 11.8 Å². The van der Waals surface area contributed by atoms with Crippen molar-refractivity contribution >= 4 is 17.5 Å². The van der Waals surface area contributed by atoms with Gasteiger partial charge in [0.05, 0.1) is 24.1 Å². The summed E-state index contributed by atoms with van der Waals surface area (Å²) in [6, 6.07) is 7.26. The molecule has 4 heteroatoms. The van der Waals surface area contributed by atoms with Crippen LogP contribution < -0.4 is 9.64 Å². The molecule has 130 valence electrons. The van der Waals surface area contributed by atoms with Gasteiger partial charge in [0.15, 0.2) is 0 Å². The van der Waals surface area contributed by atoms with Crippen molar-refractivity contribution in [3.8, 4) is 5.75 Å². The van der Waals surface area contributed by atoms with Crippen molar-refractivity contribution in [2.75, 3.05) is 11.5 Å². The number of hydrogen-bond donors (Lipinski definition) is 0. The van der Waals surface area contributed by atoms with Crippen LogP contribution in [0.15, 0.2) is 47.6 Å². The number of fused-ring (bicyclic) bond motifs is 5. The minimum Gasteiger partial charge on any atom is -0.494 e. The first-order chi connectivity index (χ1) is 12.0. The molecule has 4 atom stereocenters. The van der Waals surface area contributed by atoms with E-state index in [-0.39, 0.29) is 35.5 Å². The van der Waals surface area contributed by atoms with Crippen LogP contribution in [0.5, 0.6) is 5.75 Å². The van der Waals surface area contributed by atoms with E-state index in [1.54, 1.807) is 12.1 Å². The molecule has 2 fully saturated rings. The Morgan fingerprint density at radius 2 is 1.56 bits per heavy atom. The van der Waals surface area contributed by atoms with Gasteiger partial charge in [-0.15, -0.1) is 0 Å². The topological polar surface area (TPSA) is 46.6 Å². The maximum Gasteiger partial charge on any atom is 0.238 e. The molecule has 0 unspecified atom stereocenters. The van der Waals surface area contributed by atoms with Gasteiger partial charge in [-0.3, -0.25) is 9.59 Å². The Kier molecular flexibility index (Phi) is 3.78. The molecule has 1 aromatic carbocycles. The molecule has 0 radical (unpaired) electrons. The summed E-state index contributed by atoms with van der Waals surface area (Å²) < 4.78 is 5.58. The second-order valence-electron chi connectivity index (χ2n) is 7.30. The molecule has 4 rings (SSSR count). The van der Waals surface area contributed by atoms with Gasteiger partial charge < -0.3 is 4.74 Å². The van der Waals surface area contributed by atoms with E-state index in [2.05, 4.69) is 32.9 Å². The first-order valence-electron chi connectivity index (χ1n) is 9.01. The summed E-state index contributed by atoms with van der Waals surface area (Å²) in [5.74, 6) is 0.355. The zero-order chi connectivity index (χ0) is 17.7. The van der Waals surface area contributed by atoms with Crippen molar-refractivity contribution in [1.82, 2.24) is 0 Å². The Balaban J connectivity index is 1.62. The lowest BCUT2D eigenvalue weighted by molar-refractivity contribution is -0.122. The van der Waals surface area contributed by atoms with Crippen molar-refractivity contribution in [2.24, 2.45) is 23.7 Å². The minimum absolute atomic E-state index is 0.0622. The van der Waals surface area contributed by atoms with E-state index in [4.69, 9.17) is 4.74 Å².